The fourth-order valence-corrected chi connectivity index (χ4v) is 3.57. The lowest BCUT2D eigenvalue weighted by Gasteiger charge is -2.37. The van der Waals surface area contributed by atoms with Crippen molar-refractivity contribution in [3.05, 3.63) is 64.7 Å². The summed E-state index contributed by atoms with van der Waals surface area (Å²) in [6.07, 6.45) is 0. The van der Waals surface area contributed by atoms with E-state index in [4.69, 9.17) is 16.3 Å². The van der Waals surface area contributed by atoms with Gasteiger partial charge in [-0.15, -0.1) is 0 Å². The van der Waals surface area contributed by atoms with Crippen LogP contribution in [0.2, 0.25) is 5.02 Å². The van der Waals surface area contributed by atoms with E-state index in [0.717, 1.165) is 30.9 Å². The summed E-state index contributed by atoms with van der Waals surface area (Å²) in [6, 6.07) is 14.4. The molecule has 1 aliphatic heterocycles. The van der Waals surface area contributed by atoms with E-state index in [1.807, 2.05) is 29.2 Å². The standard InChI is InChI=1S/C22H26ClN3O3/c1-3-24-11-13-25(14-12-24)22(28)26(20-6-4-5-19(23)15-20)16-17-7-9-18(10-8-17)21(27)29-2/h4-10,15H,3,11-14,16H2,1-2H3. The number of ether oxygens (including phenoxy) is 1. The molecule has 1 aliphatic rings. The van der Waals surface area contributed by atoms with Crippen LogP contribution in [-0.2, 0) is 11.3 Å². The number of piperazine rings is 1. The van der Waals surface area contributed by atoms with Crippen molar-refractivity contribution in [1.29, 1.82) is 0 Å². The van der Waals surface area contributed by atoms with Crippen molar-refractivity contribution in [2.75, 3.05) is 44.7 Å². The van der Waals surface area contributed by atoms with Gasteiger partial charge in [-0.25, -0.2) is 9.59 Å². The molecule has 154 valence electrons. The smallest absolute Gasteiger partial charge is 0.337 e. The molecular formula is C22H26ClN3O3. The third-order valence-corrected chi connectivity index (χ3v) is 5.39. The van der Waals surface area contributed by atoms with Gasteiger partial charge in [-0.1, -0.05) is 36.7 Å². The van der Waals surface area contributed by atoms with Gasteiger partial charge in [-0.3, -0.25) is 4.90 Å². The summed E-state index contributed by atoms with van der Waals surface area (Å²) >= 11 is 6.18. The van der Waals surface area contributed by atoms with E-state index in [-0.39, 0.29) is 12.0 Å². The van der Waals surface area contributed by atoms with E-state index in [1.54, 1.807) is 29.2 Å². The van der Waals surface area contributed by atoms with Crippen molar-refractivity contribution in [2.45, 2.75) is 13.5 Å². The van der Waals surface area contributed by atoms with Crippen LogP contribution in [0, 0.1) is 0 Å². The monoisotopic (exact) mass is 415 g/mol. The zero-order valence-electron chi connectivity index (χ0n) is 16.8. The average Bonchev–Trinajstić information content (AvgIpc) is 2.77. The minimum atomic E-state index is -0.381. The molecule has 2 amide bonds. The van der Waals surface area contributed by atoms with Crippen LogP contribution in [0.5, 0.6) is 0 Å². The van der Waals surface area contributed by atoms with Gasteiger partial charge >= 0.3 is 12.0 Å². The number of rotatable bonds is 5. The maximum absolute atomic E-state index is 13.3. The second-order valence-corrected chi connectivity index (χ2v) is 7.39. The summed E-state index contributed by atoms with van der Waals surface area (Å²) in [4.78, 5) is 31.0. The number of carbonyl (C=O) groups is 2. The molecule has 0 saturated carbocycles. The molecule has 3 rings (SSSR count). The highest BCUT2D eigenvalue weighted by molar-refractivity contribution is 6.30. The summed E-state index contributed by atoms with van der Waals surface area (Å²) in [5.74, 6) is -0.381. The van der Waals surface area contributed by atoms with E-state index >= 15 is 0 Å². The van der Waals surface area contributed by atoms with Gasteiger partial charge in [-0.2, -0.15) is 0 Å². The minimum absolute atomic E-state index is 0.0416. The topological polar surface area (TPSA) is 53.1 Å². The van der Waals surface area contributed by atoms with Crippen LogP contribution in [0.3, 0.4) is 0 Å². The Morgan fingerprint density at radius 3 is 2.34 bits per heavy atom. The van der Waals surface area contributed by atoms with Crippen molar-refractivity contribution in [3.63, 3.8) is 0 Å². The summed E-state index contributed by atoms with van der Waals surface area (Å²) in [5, 5.41) is 0.581. The number of amides is 2. The molecule has 0 spiro atoms. The van der Waals surface area contributed by atoms with Crippen LogP contribution >= 0.6 is 11.6 Å². The van der Waals surface area contributed by atoms with Gasteiger partial charge in [0.1, 0.15) is 0 Å². The first kappa shape index (κ1) is 21.1. The quantitative estimate of drug-likeness (QED) is 0.695. The Hall–Kier alpha value is -2.57. The fourth-order valence-electron chi connectivity index (χ4n) is 3.39. The summed E-state index contributed by atoms with van der Waals surface area (Å²) in [6.45, 7) is 6.66. The van der Waals surface area contributed by atoms with Crippen LogP contribution in [0.1, 0.15) is 22.8 Å². The van der Waals surface area contributed by atoms with Crippen molar-refractivity contribution >= 4 is 29.3 Å². The third-order valence-electron chi connectivity index (χ3n) is 5.16. The minimum Gasteiger partial charge on any atom is -0.465 e. The van der Waals surface area contributed by atoms with Crippen molar-refractivity contribution in [1.82, 2.24) is 9.80 Å². The van der Waals surface area contributed by atoms with E-state index in [0.29, 0.717) is 30.2 Å². The second-order valence-electron chi connectivity index (χ2n) is 6.96. The number of nitrogens with zero attached hydrogens (tertiary/aromatic N) is 3. The maximum atomic E-state index is 13.3. The number of esters is 1. The summed E-state index contributed by atoms with van der Waals surface area (Å²) in [5.41, 5.74) is 2.14. The van der Waals surface area contributed by atoms with Gasteiger partial charge in [0.25, 0.3) is 0 Å². The molecule has 0 atom stereocenters. The molecule has 7 heteroatoms. The molecule has 0 unspecified atom stereocenters. The van der Waals surface area contributed by atoms with Gasteiger partial charge in [-0.05, 0) is 42.4 Å². The number of halogens is 1. The van der Waals surface area contributed by atoms with Gasteiger partial charge in [0.05, 0.1) is 19.2 Å². The van der Waals surface area contributed by atoms with Crippen molar-refractivity contribution in [3.8, 4) is 0 Å². The molecule has 6 nitrogen and oxygen atoms in total. The molecule has 2 aromatic rings. The molecule has 0 aromatic heterocycles. The molecule has 0 radical (unpaired) electrons. The normalized spacial score (nSPS) is 14.5. The molecule has 0 N–H and O–H groups in total. The maximum Gasteiger partial charge on any atom is 0.337 e. The van der Waals surface area contributed by atoms with Gasteiger partial charge in [0, 0.05) is 36.9 Å². The number of methoxy groups -OCH3 is 1. The molecule has 0 bridgehead atoms. The van der Waals surface area contributed by atoms with Crippen LogP contribution in [0.4, 0.5) is 10.5 Å². The molecule has 29 heavy (non-hydrogen) atoms. The van der Waals surface area contributed by atoms with Crippen LogP contribution < -0.4 is 4.90 Å². The molecular weight excluding hydrogens is 390 g/mol. The first-order valence-corrected chi connectivity index (χ1v) is 10.1. The van der Waals surface area contributed by atoms with Crippen LogP contribution in [0.25, 0.3) is 0 Å². The Bertz CT molecular complexity index is 849. The molecule has 1 saturated heterocycles. The number of carbonyl (C=O) groups excluding carboxylic acids is 2. The third kappa shape index (κ3) is 5.28. The van der Waals surface area contributed by atoms with E-state index in [9.17, 15) is 9.59 Å². The summed E-state index contributed by atoms with van der Waals surface area (Å²) < 4.78 is 4.75. The largest absolute Gasteiger partial charge is 0.465 e. The second kappa shape index (κ2) is 9.76. The number of hydrogen-bond acceptors (Lipinski definition) is 4. The zero-order valence-corrected chi connectivity index (χ0v) is 17.6. The number of likely N-dealkylation sites (N-methyl/N-ethyl adjacent to an activating group) is 1. The van der Waals surface area contributed by atoms with Gasteiger partial charge in [0.2, 0.25) is 0 Å². The number of urea groups is 1. The lowest BCUT2D eigenvalue weighted by atomic mass is 10.1. The van der Waals surface area contributed by atoms with Crippen LogP contribution in [-0.4, -0.2) is 61.6 Å². The number of benzene rings is 2. The molecule has 2 aromatic carbocycles. The first-order chi connectivity index (χ1) is 14.0. The Morgan fingerprint density at radius 2 is 1.76 bits per heavy atom. The van der Waals surface area contributed by atoms with Gasteiger partial charge < -0.3 is 14.5 Å². The van der Waals surface area contributed by atoms with E-state index < -0.39 is 0 Å². The predicted octanol–water partition coefficient (Wildman–Crippen LogP) is 3.89. The van der Waals surface area contributed by atoms with Crippen LogP contribution in [0.15, 0.2) is 48.5 Å². The molecule has 1 fully saturated rings. The van der Waals surface area contributed by atoms with E-state index in [1.165, 1.54) is 7.11 Å². The summed E-state index contributed by atoms with van der Waals surface area (Å²) in [7, 11) is 1.36. The van der Waals surface area contributed by atoms with Crippen molar-refractivity contribution < 1.29 is 14.3 Å². The molecule has 1 heterocycles. The Balaban J connectivity index is 1.82. The zero-order chi connectivity index (χ0) is 20.8. The molecule has 0 aliphatic carbocycles. The fraction of sp³-hybridized carbons (Fsp3) is 0.364. The highest BCUT2D eigenvalue weighted by atomic mass is 35.5. The van der Waals surface area contributed by atoms with E-state index in [2.05, 4.69) is 11.8 Å². The lowest BCUT2D eigenvalue weighted by Crippen LogP contribution is -2.52. The lowest BCUT2D eigenvalue weighted by molar-refractivity contribution is 0.0600. The predicted molar refractivity (Wildman–Crippen MR) is 114 cm³/mol. The van der Waals surface area contributed by atoms with Crippen molar-refractivity contribution in [2.24, 2.45) is 0 Å². The highest BCUT2D eigenvalue weighted by Crippen LogP contribution is 2.23. The van der Waals surface area contributed by atoms with Gasteiger partial charge in [0.15, 0.2) is 0 Å². The highest BCUT2D eigenvalue weighted by Gasteiger charge is 2.26. The Labute approximate surface area is 176 Å². The SMILES string of the molecule is CCN1CCN(C(=O)N(Cc2ccc(C(=O)OC)cc2)c2cccc(Cl)c2)CC1. The number of hydrogen-bond donors (Lipinski definition) is 0. The number of anilines is 1. The Kier molecular flexibility index (Phi) is 7.12. The first-order valence-electron chi connectivity index (χ1n) is 9.73. The average molecular weight is 416 g/mol. The Morgan fingerprint density at radius 1 is 1.07 bits per heavy atom.